The molecule has 0 aromatic heterocycles. The van der Waals surface area contributed by atoms with Crippen LogP contribution >= 0.6 is 0 Å². The van der Waals surface area contributed by atoms with Crippen molar-refractivity contribution in [1.82, 2.24) is 0 Å². The summed E-state index contributed by atoms with van der Waals surface area (Å²) in [4.78, 5) is 22.0. The predicted molar refractivity (Wildman–Crippen MR) is 52.1 cm³/mol. The third kappa shape index (κ3) is 1.40. The molecular formula is C11H8O4. The zero-order chi connectivity index (χ0) is 10.8. The fourth-order valence-corrected chi connectivity index (χ4v) is 1.48. The van der Waals surface area contributed by atoms with Gasteiger partial charge in [0.2, 0.25) is 0 Å². The lowest BCUT2D eigenvalue weighted by atomic mass is 10.1. The maximum Gasteiger partial charge on any atom is 0.341 e. The van der Waals surface area contributed by atoms with Crippen LogP contribution in [0.15, 0.2) is 29.1 Å². The lowest BCUT2D eigenvalue weighted by molar-refractivity contribution is 0.0598. The van der Waals surface area contributed by atoms with Crippen molar-refractivity contribution in [1.29, 1.82) is 0 Å². The molecule has 4 nitrogen and oxygen atoms in total. The van der Waals surface area contributed by atoms with Gasteiger partial charge in [0, 0.05) is 16.7 Å². The van der Waals surface area contributed by atoms with Crippen molar-refractivity contribution in [2.24, 2.45) is 0 Å². The van der Waals surface area contributed by atoms with Gasteiger partial charge >= 0.3 is 5.97 Å². The highest BCUT2D eigenvalue weighted by molar-refractivity contribution is 6.01. The Morgan fingerprint density at radius 1 is 1.33 bits per heavy atom. The Balaban J connectivity index is 2.61. The Kier molecular flexibility index (Phi) is 2.25. The number of ether oxygens (including phenoxy) is 1. The molecule has 0 N–H and O–H groups in total. The number of esters is 1. The van der Waals surface area contributed by atoms with Crippen LogP contribution in [0.5, 0.6) is 0 Å². The van der Waals surface area contributed by atoms with Gasteiger partial charge in [-0.05, 0) is 0 Å². The lowest BCUT2D eigenvalue weighted by Gasteiger charge is -2.04. The topological polar surface area (TPSA) is 56.5 Å². The molecule has 0 aromatic carbocycles. The van der Waals surface area contributed by atoms with Gasteiger partial charge in [-0.25, -0.2) is 4.79 Å². The molecule has 2 aliphatic rings. The smallest absolute Gasteiger partial charge is 0.341 e. The molecule has 0 atom stereocenters. The number of fused-ring (bicyclic) bond motifs is 1. The SMILES string of the molecule is COC(=O)c1cocc2c(C=O)ccc1-2. The number of methoxy groups -OCH3 is 1. The van der Waals surface area contributed by atoms with Crippen LogP contribution in [-0.4, -0.2) is 19.4 Å². The quantitative estimate of drug-likeness (QED) is 0.554. The second kappa shape index (κ2) is 3.57. The monoisotopic (exact) mass is 204 g/mol. The molecular weight excluding hydrogens is 196 g/mol. The van der Waals surface area contributed by atoms with Crippen molar-refractivity contribution in [3.05, 3.63) is 35.8 Å². The number of carbonyl (C=O) groups excluding carboxylic acids is 2. The summed E-state index contributed by atoms with van der Waals surface area (Å²) in [7, 11) is 1.30. The first-order valence-electron chi connectivity index (χ1n) is 4.30. The van der Waals surface area contributed by atoms with Crippen LogP contribution in [0.25, 0.3) is 11.1 Å². The average molecular weight is 204 g/mol. The lowest BCUT2D eigenvalue weighted by Crippen LogP contribution is -2.03. The number of carbonyl (C=O) groups is 2. The zero-order valence-electron chi connectivity index (χ0n) is 8.02. The van der Waals surface area contributed by atoms with Gasteiger partial charge < -0.3 is 9.15 Å². The van der Waals surface area contributed by atoms with Gasteiger partial charge in [0.15, 0.2) is 6.29 Å². The third-order valence-electron chi connectivity index (χ3n) is 2.22. The van der Waals surface area contributed by atoms with E-state index in [0.29, 0.717) is 22.3 Å². The van der Waals surface area contributed by atoms with E-state index < -0.39 is 5.97 Å². The fourth-order valence-electron chi connectivity index (χ4n) is 1.48. The minimum Gasteiger partial charge on any atom is -0.471 e. The molecule has 1 aliphatic carbocycles. The molecule has 0 saturated heterocycles. The summed E-state index contributed by atoms with van der Waals surface area (Å²) in [5, 5.41) is 0. The van der Waals surface area contributed by atoms with Crippen LogP contribution in [0, 0.1) is 0 Å². The third-order valence-corrected chi connectivity index (χ3v) is 2.22. The van der Waals surface area contributed by atoms with Gasteiger partial charge in [0.1, 0.15) is 11.8 Å². The Hall–Kier alpha value is -2.10. The Bertz CT molecular complexity index is 484. The van der Waals surface area contributed by atoms with Crippen molar-refractivity contribution < 1.29 is 18.7 Å². The first-order valence-corrected chi connectivity index (χ1v) is 4.30. The summed E-state index contributed by atoms with van der Waals surface area (Å²) in [6.07, 6.45) is 3.47. The molecule has 0 amide bonds. The van der Waals surface area contributed by atoms with E-state index in [2.05, 4.69) is 4.74 Å². The molecule has 0 spiro atoms. The van der Waals surface area contributed by atoms with E-state index in [1.807, 2.05) is 0 Å². The van der Waals surface area contributed by atoms with Crippen molar-refractivity contribution in [3.63, 3.8) is 0 Å². The van der Waals surface area contributed by atoms with E-state index in [9.17, 15) is 9.59 Å². The van der Waals surface area contributed by atoms with E-state index in [1.165, 1.54) is 19.6 Å². The molecule has 15 heavy (non-hydrogen) atoms. The Morgan fingerprint density at radius 3 is 2.80 bits per heavy atom. The Labute approximate surface area is 85.8 Å². The van der Waals surface area contributed by atoms with Crippen LogP contribution in [-0.2, 0) is 4.74 Å². The van der Waals surface area contributed by atoms with E-state index in [-0.39, 0.29) is 0 Å². The van der Waals surface area contributed by atoms with Crippen LogP contribution in [0.4, 0.5) is 0 Å². The molecule has 0 bridgehead atoms. The highest BCUT2D eigenvalue weighted by Gasteiger charge is 2.19. The van der Waals surface area contributed by atoms with Crippen LogP contribution in [0.1, 0.15) is 20.7 Å². The van der Waals surface area contributed by atoms with Gasteiger partial charge in [-0.3, -0.25) is 4.79 Å². The van der Waals surface area contributed by atoms with Gasteiger partial charge in [-0.2, -0.15) is 0 Å². The largest absolute Gasteiger partial charge is 0.471 e. The number of hydrogen-bond acceptors (Lipinski definition) is 4. The molecule has 4 heteroatoms. The number of rotatable bonds is 2. The average Bonchev–Trinajstić information content (AvgIpc) is 2.70. The molecule has 1 heterocycles. The predicted octanol–water partition coefficient (Wildman–Crippen LogP) is 1.98. The minimum absolute atomic E-state index is 0.322. The highest BCUT2D eigenvalue weighted by atomic mass is 16.5. The highest BCUT2D eigenvalue weighted by Crippen LogP contribution is 2.30. The van der Waals surface area contributed by atoms with Crippen LogP contribution < -0.4 is 0 Å². The fraction of sp³-hybridized carbons (Fsp3) is 0.0909. The van der Waals surface area contributed by atoms with E-state index in [4.69, 9.17) is 4.42 Å². The molecule has 2 rings (SSSR count). The number of aldehydes is 1. The minimum atomic E-state index is -0.479. The molecule has 0 radical (unpaired) electrons. The second-order valence-electron chi connectivity index (χ2n) is 3.01. The second-order valence-corrected chi connectivity index (χ2v) is 3.01. The molecule has 0 unspecified atom stereocenters. The van der Waals surface area contributed by atoms with Crippen molar-refractivity contribution in [3.8, 4) is 11.1 Å². The normalized spacial score (nSPS) is 10.2. The van der Waals surface area contributed by atoms with Gasteiger partial charge in [0.25, 0.3) is 0 Å². The first kappa shape index (κ1) is 9.45. The standard InChI is InChI=1S/C11H8O4/c1-14-11(13)10-6-15-5-9-7(4-12)2-3-8(9)10/h2-6H,1H3. The van der Waals surface area contributed by atoms with E-state index >= 15 is 0 Å². The molecule has 0 aromatic rings. The summed E-state index contributed by atoms with van der Waals surface area (Å²) in [6, 6.07) is 3.33. The van der Waals surface area contributed by atoms with Crippen molar-refractivity contribution in [2.45, 2.75) is 0 Å². The summed E-state index contributed by atoms with van der Waals surface area (Å²) in [5.74, 6) is -0.479. The van der Waals surface area contributed by atoms with Gasteiger partial charge in [-0.15, -0.1) is 0 Å². The summed E-state index contributed by atoms with van der Waals surface area (Å²) in [5.41, 5.74) is 2.10. The van der Waals surface area contributed by atoms with Crippen LogP contribution in [0.3, 0.4) is 0 Å². The maximum atomic E-state index is 11.4. The number of hydrogen-bond donors (Lipinski definition) is 0. The van der Waals surface area contributed by atoms with Crippen molar-refractivity contribution in [2.75, 3.05) is 7.11 Å². The van der Waals surface area contributed by atoms with Gasteiger partial charge in [0.05, 0.1) is 13.4 Å². The summed E-state index contributed by atoms with van der Waals surface area (Å²) < 4.78 is 9.59. The van der Waals surface area contributed by atoms with Crippen molar-refractivity contribution >= 4 is 12.3 Å². The molecule has 0 saturated carbocycles. The van der Waals surface area contributed by atoms with Gasteiger partial charge in [-0.1, -0.05) is 12.1 Å². The molecule has 1 aliphatic heterocycles. The van der Waals surface area contributed by atoms with Crippen LogP contribution in [0.2, 0.25) is 0 Å². The summed E-state index contributed by atoms with van der Waals surface area (Å²) >= 11 is 0. The summed E-state index contributed by atoms with van der Waals surface area (Å²) in [6.45, 7) is 0. The Morgan fingerprint density at radius 2 is 2.13 bits per heavy atom. The van der Waals surface area contributed by atoms with E-state index in [0.717, 1.165) is 6.29 Å². The first-order chi connectivity index (χ1) is 7.27. The molecule has 76 valence electrons. The maximum absolute atomic E-state index is 11.4. The zero-order valence-corrected chi connectivity index (χ0v) is 8.02. The van der Waals surface area contributed by atoms with E-state index in [1.54, 1.807) is 12.1 Å². The molecule has 0 fully saturated rings.